The highest BCUT2D eigenvalue weighted by atomic mass is 35.5. The van der Waals surface area contributed by atoms with Gasteiger partial charge in [-0.1, -0.05) is 23.4 Å². The smallest absolute Gasteiger partial charge is 0.166 e. The fourth-order valence-corrected chi connectivity index (χ4v) is 3.32. The third-order valence-electron chi connectivity index (χ3n) is 3.47. The van der Waals surface area contributed by atoms with Crippen molar-refractivity contribution in [2.24, 2.45) is 0 Å². The summed E-state index contributed by atoms with van der Waals surface area (Å²) < 4.78 is 5.37. The van der Waals surface area contributed by atoms with Gasteiger partial charge in [0, 0.05) is 21.9 Å². The Morgan fingerprint density at radius 1 is 1.30 bits per heavy atom. The van der Waals surface area contributed by atoms with Crippen LogP contribution in [0, 0.1) is 0 Å². The van der Waals surface area contributed by atoms with E-state index >= 15 is 0 Å². The topological polar surface area (TPSA) is 55.0 Å². The molecule has 1 N–H and O–H groups in total. The number of halogens is 1. The number of nitrogens with zero attached hydrogens (tertiary/aromatic N) is 1. The summed E-state index contributed by atoms with van der Waals surface area (Å²) in [6.45, 7) is 1.56. The van der Waals surface area contributed by atoms with Crippen LogP contribution in [0.2, 0.25) is 5.02 Å². The highest BCUT2D eigenvalue weighted by Gasteiger charge is 2.10. The van der Waals surface area contributed by atoms with Crippen molar-refractivity contribution in [1.29, 1.82) is 0 Å². The molecule has 0 radical (unpaired) electrons. The first-order valence-electron chi connectivity index (χ1n) is 7.03. The minimum absolute atomic E-state index is 0.0392. The lowest BCUT2D eigenvalue weighted by Gasteiger charge is -2.08. The van der Waals surface area contributed by atoms with E-state index in [1.807, 2.05) is 30.3 Å². The van der Waals surface area contributed by atoms with Crippen molar-refractivity contribution in [3.8, 4) is 5.75 Å². The summed E-state index contributed by atoms with van der Waals surface area (Å²) in [6.07, 6.45) is 0. The number of carbonyl (C=O) groups excluding carboxylic acids is 1. The summed E-state index contributed by atoms with van der Waals surface area (Å²) in [5, 5.41) is 1.48. The maximum Gasteiger partial charge on any atom is 0.166 e. The van der Waals surface area contributed by atoms with Crippen LogP contribution in [0.15, 0.2) is 41.6 Å². The second kappa shape index (κ2) is 6.64. The van der Waals surface area contributed by atoms with Crippen LogP contribution in [0.25, 0.3) is 11.0 Å². The maximum atomic E-state index is 11.5. The van der Waals surface area contributed by atoms with E-state index in [1.54, 1.807) is 31.9 Å². The van der Waals surface area contributed by atoms with Gasteiger partial charge in [-0.25, -0.2) is 4.98 Å². The van der Waals surface area contributed by atoms with E-state index in [-0.39, 0.29) is 5.78 Å². The van der Waals surface area contributed by atoms with Gasteiger partial charge in [-0.05, 0) is 43.3 Å². The first-order valence-corrected chi connectivity index (χ1v) is 8.39. The van der Waals surface area contributed by atoms with Crippen LogP contribution in [0.3, 0.4) is 0 Å². The van der Waals surface area contributed by atoms with Gasteiger partial charge in [0.1, 0.15) is 5.75 Å². The molecule has 0 aliphatic heterocycles. The lowest BCUT2D eigenvalue weighted by atomic mass is 10.1. The number of hydrogen-bond acceptors (Lipinski definition) is 4. The molecule has 0 spiro atoms. The van der Waals surface area contributed by atoms with E-state index in [0.717, 1.165) is 27.5 Å². The molecule has 2 aromatic carbocycles. The number of nitrogens with one attached hydrogen (secondary N) is 1. The second-order valence-corrected chi connectivity index (χ2v) is 6.48. The molecule has 0 unspecified atom stereocenters. The number of ether oxygens (including phenoxy) is 1. The Labute approximate surface area is 143 Å². The third kappa shape index (κ3) is 3.51. The molecule has 118 valence electrons. The Morgan fingerprint density at radius 2 is 2.13 bits per heavy atom. The molecular weight excluding hydrogens is 332 g/mol. The summed E-state index contributed by atoms with van der Waals surface area (Å²) >= 11 is 7.54. The number of benzene rings is 2. The molecule has 4 nitrogen and oxygen atoms in total. The molecule has 23 heavy (non-hydrogen) atoms. The minimum atomic E-state index is 0.0392. The standard InChI is InChI=1S/C17H15ClN2O2S/c1-10(21)11-3-6-16(22-2)12(7-11)9-23-17-19-14-5-4-13(18)8-15(14)20-17/h3-8H,9H2,1-2H3,(H,19,20). The van der Waals surface area contributed by atoms with E-state index < -0.39 is 0 Å². The fourth-order valence-electron chi connectivity index (χ4n) is 2.28. The molecule has 0 fully saturated rings. The number of rotatable bonds is 5. The molecule has 3 aromatic rings. The Balaban J connectivity index is 1.83. The molecule has 0 bridgehead atoms. The van der Waals surface area contributed by atoms with Crippen molar-refractivity contribution in [1.82, 2.24) is 9.97 Å². The summed E-state index contributed by atoms with van der Waals surface area (Å²) in [4.78, 5) is 19.3. The lowest BCUT2D eigenvalue weighted by Crippen LogP contribution is -1.97. The Kier molecular flexibility index (Phi) is 4.59. The molecule has 6 heteroatoms. The summed E-state index contributed by atoms with van der Waals surface area (Å²) in [7, 11) is 1.63. The minimum Gasteiger partial charge on any atom is -0.496 e. The normalized spacial score (nSPS) is 10.9. The number of fused-ring (bicyclic) bond motifs is 1. The van der Waals surface area contributed by atoms with Crippen molar-refractivity contribution in [2.75, 3.05) is 7.11 Å². The van der Waals surface area contributed by atoms with Gasteiger partial charge in [0.05, 0.1) is 18.1 Å². The maximum absolute atomic E-state index is 11.5. The van der Waals surface area contributed by atoms with Crippen LogP contribution in [0.4, 0.5) is 0 Å². The quantitative estimate of drug-likeness (QED) is 0.536. The lowest BCUT2D eigenvalue weighted by molar-refractivity contribution is 0.101. The van der Waals surface area contributed by atoms with Gasteiger partial charge in [0.2, 0.25) is 0 Å². The number of aromatic amines is 1. The molecule has 0 atom stereocenters. The van der Waals surface area contributed by atoms with E-state index in [2.05, 4.69) is 9.97 Å². The van der Waals surface area contributed by atoms with Crippen LogP contribution in [0.5, 0.6) is 5.75 Å². The average molecular weight is 347 g/mol. The molecule has 0 aliphatic rings. The zero-order valence-electron chi connectivity index (χ0n) is 12.7. The van der Waals surface area contributed by atoms with E-state index in [0.29, 0.717) is 16.3 Å². The van der Waals surface area contributed by atoms with Gasteiger partial charge in [0.15, 0.2) is 10.9 Å². The number of imidazole rings is 1. The van der Waals surface area contributed by atoms with Gasteiger partial charge < -0.3 is 9.72 Å². The second-order valence-electron chi connectivity index (χ2n) is 5.07. The fraction of sp³-hybridized carbons (Fsp3) is 0.176. The predicted molar refractivity (Wildman–Crippen MR) is 93.7 cm³/mol. The molecule has 0 amide bonds. The number of hydrogen-bond donors (Lipinski definition) is 1. The summed E-state index contributed by atoms with van der Waals surface area (Å²) in [5.74, 6) is 1.46. The number of aromatic nitrogens is 2. The summed E-state index contributed by atoms with van der Waals surface area (Å²) in [6, 6.07) is 11.0. The predicted octanol–water partition coefficient (Wildman–Crippen LogP) is 4.72. The molecule has 3 rings (SSSR count). The van der Waals surface area contributed by atoms with Crippen LogP contribution in [-0.4, -0.2) is 22.9 Å². The number of carbonyl (C=O) groups is 1. The largest absolute Gasteiger partial charge is 0.496 e. The van der Waals surface area contributed by atoms with Crippen molar-refractivity contribution >= 4 is 40.2 Å². The van der Waals surface area contributed by atoms with E-state index in [4.69, 9.17) is 16.3 Å². The van der Waals surface area contributed by atoms with Gasteiger partial charge in [-0.2, -0.15) is 0 Å². The number of H-pyrrole nitrogens is 1. The van der Waals surface area contributed by atoms with Crippen LogP contribution < -0.4 is 4.74 Å². The van der Waals surface area contributed by atoms with Gasteiger partial charge >= 0.3 is 0 Å². The van der Waals surface area contributed by atoms with Crippen LogP contribution in [0.1, 0.15) is 22.8 Å². The number of methoxy groups -OCH3 is 1. The molecule has 0 saturated heterocycles. The number of Topliss-reactive ketones (excluding diaryl/α,β-unsaturated/α-hetero) is 1. The SMILES string of the molecule is COc1ccc(C(C)=O)cc1CSc1nc2ccc(Cl)cc2[nH]1. The third-order valence-corrected chi connectivity index (χ3v) is 4.63. The van der Waals surface area contributed by atoms with Crippen molar-refractivity contribution < 1.29 is 9.53 Å². The highest BCUT2D eigenvalue weighted by Crippen LogP contribution is 2.29. The molecular formula is C17H15ClN2O2S. The molecule has 0 aliphatic carbocycles. The monoisotopic (exact) mass is 346 g/mol. The van der Waals surface area contributed by atoms with Crippen molar-refractivity contribution in [2.45, 2.75) is 17.8 Å². The number of thioether (sulfide) groups is 1. The first-order chi connectivity index (χ1) is 11.1. The van der Waals surface area contributed by atoms with Gasteiger partial charge in [-0.15, -0.1) is 0 Å². The first kappa shape index (κ1) is 15.9. The molecule has 0 saturated carbocycles. The van der Waals surface area contributed by atoms with Crippen molar-refractivity contribution in [3.63, 3.8) is 0 Å². The van der Waals surface area contributed by atoms with Crippen LogP contribution in [-0.2, 0) is 5.75 Å². The van der Waals surface area contributed by atoms with E-state index in [1.165, 1.54) is 0 Å². The Morgan fingerprint density at radius 3 is 2.87 bits per heavy atom. The molecule has 1 heterocycles. The van der Waals surface area contributed by atoms with Gasteiger partial charge in [-0.3, -0.25) is 4.79 Å². The van der Waals surface area contributed by atoms with E-state index in [9.17, 15) is 4.79 Å². The Bertz CT molecular complexity index is 876. The molecule has 1 aromatic heterocycles. The average Bonchev–Trinajstić information content (AvgIpc) is 2.94. The van der Waals surface area contributed by atoms with Crippen LogP contribution >= 0.6 is 23.4 Å². The number of ketones is 1. The Hall–Kier alpha value is -1.98. The highest BCUT2D eigenvalue weighted by molar-refractivity contribution is 7.98. The summed E-state index contributed by atoms with van der Waals surface area (Å²) in [5.41, 5.74) is 3.42. The van der Waals surface area contributed by atoms with Crippen molar-refractivity contribution in [3.05, 3.63) is 52.5 Å². The zero-order valence-corrected chi connectivity index (χ0v) is 14.3. The zero-order chi connectivity index (χ0) is 16.4. The van der Waals surface area contributed by atoms with Gasteiger partial charge in [0.25, 0.3) is 0 Å².